The summed E-state index contributed by atoms with van der Waals surface area (Å²) in [4.78, 5) is 10.6. The van der Waals surface area contributed by atoms with E-state index < -0.39 is 0 Å². The number of rotatable bonds is 1. The molecule has 1 aliphatic heterocycles. The van der Waals surface area contributed by atoms with Crippen molar-refractivity contribution in [1.82, 2.24) is 0 Å². The van der Waals surface area contributed by atoms with E-state index in [-0.39, 0.29) is 0 Å². The molecule has 3 nitrogen and oxygen atoms in total. The highest BCUT2D eigenvalue weighted by Gasteiger charge is 2.12. The van der Waals surface area contributed by atoms with Gasteiger partial charge in [0.05, 0.1) is 5.69 Å². The van der Waals surface area contributed by atoms with Crippen LogP contribution in [0.3, 0.4) is 0 Å². The van der Waals surface area contributed by atoms with Crippen molar-refractivity contribution in [3.8, 4) is 0 Å². The SMILES string of the molecule is O=CN1SN=Cc2ccccc21. The van der Waals surface area contributed by atoms with Crippen LogP contribution in [-0.2, 0) is 4.79 Å². The van der Waals surface area contributed by atoms with E-state index in [0.717, 1.165) is 29.8 Å². The Morgan fingerprint density at radius 3 is 3.08 bits per heavy atom. The number of hydrogen-bond donors (Lipinski definition) is 0. The van der Waals surface area contributed by atoms with Crippen molar-refractivity contribution in [2.24, 2.45) is 4.40 Å². The molecule has 1 aromatic carbocycles. The van der Waals surface area contributed by atoms with Gasteiger partial charge in [0, 0.05) is 11.8 Å². The molecule has 0 radical (unpaired) electrons. The molecule has 0 fully saturated rings. The smallest absolute Gasteiger partial charge is 0.225 e. The monoisotopic (exact) mass is 178 g/mol. The molecule has 0 spiro atoms. The Hall–Kier alpha value is -1.29. The second-order valence-electron chi connectivity index (χ2n) is 2.31. The Labute approximate surface area is 74.4 Å². The molecule has 0 atom stereocenters. The first-order valence-electron chi connectivity index (χ1n) is 3.46. The summed E-state index contributed by atoms with van der Waals surface area (Å²) in [6.07, 6.45) is 2.51. The third-order valence-corrected chi connectivity index (χ3v) is 2.26. The molecular formula is C8H6N2OS. The van der Waals surface area contributed by atoms with Crippen LogP contribution in [0.2, 0.25) is 0 Å². The molecule has 4 heteroatoms. The summed E-state index contributed by atoms with van der Waals surface area (Å²) in [6, 6.07) is 7.63. The quantitative estimate of drug-likeness (QED) is 0.484. The van der Waals surface area contributed by atoms with Gasteiger partial charge >= 0.3 is 0 Å². The van der Waals surface area contributed by atoms with E-state index in [4.69, 9.17) is 0 Å². The average Bonchev–Trinajstić information content (AvgIpc) is 2.17. The van der Waals surface area contributed by atoms with Crippen molar-refractivity contribution in [3.63, 3.8) is 0 Å². The van der Waals surface area contributed by atoms with Gasteiger partial charge in [0.1, 0.15) is 12.1 Å². The number of para-hydroxylation sites is 1. The van der Waals surface area contributed by atoms with Gasteiger partial charge in [-0.05, 0) is 6.07 Å². The summed E-state index contributed by atoms with van der Waals surface area (Å²) >= 11 is 1.14. The molecule has 2 rings (SSSR count). The third kappa shape index (κ3) is 1.10. The van der Waals surface area contributed by atoms with Gasteiger partial charge in [-0.3, -0.25) is 4.79 Å². The van der Waals surface area contributed by atoms with Crippen molar-refractivity contribution in [3.05, 3.63) is 29.8 Å². The number of nitrogens with zero attached hydrogens (tertiary/aromatic N) is 2. The van der Waals surface area contributed by atoms with Crippen LogP contribution in [0.25, 0.3) is 0 Å². The van der Waals surface area contributed by atoms with Gasteiger partial charge in [-0.2, -0.15) is 0 Å². The minimum Gasteiger partial charge on any atom is -0.277 e. The van der Waals surface area contributed by atoms with Crippen molar-refractivity contribution in [2.75, 3.05) is 4.31 Å². The molecule has 60 valence electrons. The number of benzene rings is 1. The molecule has 1 aliphatic rings. The van der Waals surface area contributed by atoms with E-state index in [1.807, 2.05) is 24.3 Å². The lowest BCUT2D eigenvalue weighted by Gasteiger charge is -2.18. The zero-order valence-corrected chi connectivity index (χ0v) is 6.99. The molecule has 1 heterocycles. The number of anilines is 1. The number of amides is 1. The summed E-state index contributed by atoms with van der Waals surface area (Å²) in [5.41, 5.74) is 1.87. The Kier molecular flexibility index (Phi) is 1.83. The summed E-state index contributed by atoms with van der Waals surface area (Å²) in [6.45, 7) is 0. The summed E-state index contributed by atoms with van der Waals surface area (Å²) in [5, 5.41) is 0. The Morgan fingerprint density at radius 1 is 1.42 bits per heavy atom. The second-order valence-corrected chi connectivity index (χ2v) is 3.07. The van der Waals surface area contributed by atoms with Crippen LogP contribution < -0.4 is 4.31 Å². The van der Waals surface area contributed by atoms with E-state index in [2.05, 4.69) is 4.40 Å². The van der Waals surface area contributed by atoms with Crippen LogP contribution in [0.15, 0.2) is 28.7 Å². The van der Waals surface area contributed by atoms with E-state index in [9.17, 15) is 4.79 Å². The lowest BCUT2D eigenvalue weighted by atomic mass is 10.2. The summed E-state index contributed by atoms with van der Waals surface area (Å²) in [7, 11) is 0. The molecule has 0 aliphatic carbocycles. The van der Waals surface area contributed by atoms with E-state index >= 15 is 0 Å². The van der Waals surface area contributed by atoms with Gasteiger partial charge in [-0.1, -0.05) is 18.2 Å². The van der Waals surface area contributed by atoms with Crippen LogP contribution in [0.5, 0.6) is 0 Å². The van der Waals surface area contributed by atoms with Crippen molar-refractivity contribution in [2.45, 2.75) is 0 Å². The molecule has 0 N–H and O–H groups in total. The third-order valence-electron chi connectivity index (χ3n) is 1.60. The number of fused-ring (bicyclic) bond motifs is 1. The van der Waals surface area contributed by atoms with Crippen LogP contribution >= 0.6 is 12.1 Å². The van der Waals surface area contributed by atoms with E-state index in [1.165, 1.54) is 4.31 Å². The zero-order chi connectivity index (χ0) is 8.39. The normalized spacial score (nSPS) is 14.2. The van der Waals surface area contributed by atoms with Crippen LogP contribution in [0.1, 0.15) is 5.56 Å². The topological polar surface area (TPSA) is 32.7 Å². The zero-order valence-electron chi connectivity index (χ0n) is 6.18. The fraction of sp³-hybridized carbons (Fsp3) is 0. The highest BCUT2D eigenvalue weighted by Crippen LogP contribution is 2.28. The minimum atomic E-state index is 0.764. The van der Waals surface area contributed by atoms with E-state index in [0.29, 0.717) is 0 Å². The van der Waals surface area contributed by atoms with Gasteiger partial charge in [0.15, 0.2) is 0 Å². The van der Waals surface area contributed by atoms with Gasteiger partial charge in [-0.15, -0.1) is 0 Å². The molecular weight excluding hydrogens is 172 g/mol. The standard InChI is InChI=1S/C8H6N2OS/c11-6-10-8-4-2-1-3-7(8)5-9-12-10/h1-6H. The van der Waals surface area contributed by atoms with Gasteiger partial charge in [-0.25, -0.2) is 8.70 Å². The maximum atomic E-state index is 10.6. The van der Waals surface area contributed by atoms with Gasteiger partial charge in [0.25, 0.3) is 0 Å². The highest BCUT2D eigenvalue weighted by molar-refractivity contribution is 8.00. The van der Waals surface area contributed by atoms with Crippen molar-refractivity contribution in [1.29, 1.82) is 0 Å². The maximum absolute atomic E-state index is 10.6. The first-order valence-corrected chi connectivity index (χ1v) is 4.19. The first-order chi connectivity index (χ1) is 5.92. The predicted molar refractivity (Wildman–Crippen MR) is 50.2 cm³/mol. The molecule has 0 unspecified atom stereocenters. The molecule has 0 saturated heterocycles. The van der Waals surface area contributed by atoms with Crippen molar-refractivity contribution < 1.29 is 4.79 Å². The molecule has 0 bridgehead atoms. The molecule has 0 aromatic heterocycles. The lowest BCUT2D eigenvalue weighted by molar-refractivity contribution is -0.106. The van der Waals surface area contributed by atoms with E-state index in [1.54, 1.807) is 6.21 Å². The summed E-state index contributed by atoms with van der Waals surface area (Å²) < 4.78 is 5.45. The molecule has 1 aromatic rings. The Morgan fingerprint density at radius 2 is 2.25 bits per heavy atom. The van der Waals surface area contributed by atoms with Crippen LogP contribution in [-0.4, -0.2) is 12.6 Å². The number of carbonyl (C=O) groups is 1. The summed E-state index contributed by atoms with van der Waals surface area (Å²) in [5.74, 6) is 0. The first kappa shape index (κ1) is 7.36. The number of hydrogen-bond acceptors (Lipinski definition) is 3. The Bertz CT molecular complexity index is 338. The second kappa shape index (κ2) is 2.98. The largest absolute Gasteiger partial charge is 0.277 e. The van der Waals surface area contributed by atoms with Crippen LogP contribution in [0, 0.1) is 0 Å². The molecule has 0 saturated carbocycles. The van der Waals surface area contributed by atoms with Crippen LogP contribution in [0.4, 0.5) is 5.69 Å². The maximum Gasteiger partial charge on any atom is 0.225 e. The Balaban J connectivity index is 2.52. The van der Waals surface area contributed by atoms with Crippen molar-refractivity contribution >= 4 is 30.4 Å². The minimum absolute atomic E-state index is 0.764. The fourth-order valence-corrected chi connectivity index (χ4v) is 1.60. The predicted octanol–water partition coefficient (Wildman–Crippen LogP) is 1.65. The average molecular weight is 178 g/mol. The lowest BCUT2D eigenvalue weighted by Crippen LogP contribution is -2.14. The highest BCUT2D eigenvalue weighted by atomic mass is 32.2. The number of carbonyl (C=O) groups excluding carboxylic acids is 1. The van der Waals surface area contributed by atoms with Gasteiger partial charge < -0.3 is 0 Å². The molecule has 12 heavy (non-hydrogen) atoms. The molecule has 1 amide bonds. The van der Waals surface area contributed by atoms with Gasteiger partial charge in [0.2, 0.25) is 6.41 Å². The fourth-order valence-electron chi connectivity index (χ4n) is 1.05.